The van der Waals surface area contributed by atoms with Crippen LogP contribution >= 0.6 is 38.9 Å². The first kappa shape index (κ1) is 12.0. The number of hydrogen-bond donors (Lipinski definition) is 0. The Kier molecular flexibility index (Phi) is 3.90. The van der Waals surface area contributed by atoms with Crippen molar-refractivity contribution in [3.63, 3.8) is 0 Å². The van der Waals surface area contributed by atoms with Crippen molar-refractivity contribution >= 4 is 38.9 Å². The lowest BCUT2D eigenvalue weighted by atomic mass is 10.1. The van der Waals surface area contributed by atoms with Gasteiger partial charge in [-0.15, -0.1) is 22.9 Å². The molecule has 0 saturated carbocycles. The summed E-state index contributed by atoms with van der Waals surface area (Å²) in [5.74, 6) is 0.855. The summed E-state index contributed by atoms with van der Waals surface area (Å²) >= 11 is 11.4. The average Bonchev–Trinajstić information content (AvgIpc) is 2.77. The van der Waals surface area contributed by atoms with Crippen molar-refractivity contribution in [2.75, 3.05) is 7.11 Å². The summed E-state index contributed by atoms with van der Waals surface area (Å²) in [5.41, 5.74) is 1.07. The molecule has 1 aromatic heterocycles. The van der Waals surface area contributed by atoms with Crippen LogP contribution in [0.25, 0.3) is 0 Å². The van der Waals surface area contributed by atoms with Gasteiger partial charge in [-0.1, -0.05) is 28.1 Å². The number of thiophene rings is 1. The second-order valence-corrected chi connectivity index (χ2v) is 5.57. The second kappa shape index (κ2) is 5.21. The van der Waals surface area contributed by atoms with E-state index in [2.05, 4.69) is 15.9 Å². The van der Waals surface area contributed by atoms with Crippen molar-refractivity contribution in [1.82, 2.24) is 0 Å². The molecular formula is C12H10BrClOS. The van der Waals surface area contributed by atoms with Crippen LogP contribution in [-0.2, 0) is 0 Å². The van der Waals surface area contributed by atoms with Gasteiger partial charge in [-0.25, -0.2) is 0 Å². The predicted octanol–water partition coefficient (Wildman–Crippen LogP) is 4.85. The van der Waals surface area contributed by atoms with Gasteiger partial charge in [0.15, 0.2) is 0 Å². The van der Waals surface area contributed by atoms with E-state index in [4.69, 9.17) is 16.3 Å². The lowest BCUT2D eigenvalue weighted by Gasteiger charge is -2.10. The van der Waals surface area contributed by atoms with Crippen LogP contribution in [0.2, 0.25) is 0 Å². The maximum Gasteiger partial charge on any atom is 0.134 e. The number of methoxy groups -OCH3 is 1. The van der Waals surface area contributed by atoms with Gasteiger partial charge >= 0.3 is 0 Å². The van der Waals surface area contributed by atoms with Gasteiger partial charge in [-0.3, -0.25) is 0 Å². The monoisotopic (exact) mass is 316 g/mol. The van der Waals surface area contributed by atoms with E-state index in [0.29, 0.717) is 0 Å². The minimum absolute atomic E-state index is 0.150. The first-order valence-corrected chi connectivity index (χ1v) is 6.84. The molecule has 1 nitrogen and oxygen atoms in total. The number of alkyl halides is 1. The summed E-state index contributed by atoms with van der Waals surface area (Å²) in [6.07, 6.45) is 0. The molecule has 0 fully saturated rings. The van der Waals surface area contributed by atoms with Crippen LogP contribution in [0.5, 0.6) is 5.75 Å². The third kappa shape index (κ3) is 2.42. The summed E-state index contributed by atoms with van der Waals surface area (Å²) in [7, 11) is 1.66. The van der Waals surface area contributed by atoms with E-state index in [1.165, 1.54) is 0 Å². The molecule has 1 heterocycles. The van der Waals surface area contributed by atoms with E-state index in [1.54, 1.807) is 18.4 Å². The highest BCUT2D eigenvalue weighted by molar-refractivity contribution is 9.10. The molecule has 0 spiro atoms. The molecule has 0 aliphatic heterocycles. The first-order valence-electron chi connectivity index (χ1n) is 4.73. The van der Waals surface area contributed by atoms with Crippen LogP contribution in [0.4, 0.5) is 0 Å². The predicted molar refractivity (Wildman–Crippen MR) is 72.7 cm³/mol. The van der Waals surface area contributed by atoms with Crippen molar-refractivity contribution in [2.45, 2.75) is 5.38 Å². The minimum Gasteiger partial charge on any atom is -0.496 e. The molecule has 2 rings (SSSR count). The molecular weight excluding hydrogens is 308 g/mol. The van der Waals surface area contributed by atoms with Crippen molar-refractivity contribution in [3.8, 4) is 5.75 Å². The van der Waals surface area contributed by atoms with Crippen molar-refractivity contribution in [1.29, 1.82) is 0 Å². The molecule has 0 bridgehead atoms. The summed E-state index contributed by atoms with van der Waals surface area (Å²) < 4.78 is 6.32. The lowest BCUT2D eigenvalue weighted by Crippen LogP contribution is -1.93. The molecule has 1 atom stereocenters. The maximum atomic E-state index is 6.42. The third-order valence-electron chi connectivity index (χ3n) is 2.27. The molecule has 0 radical (unpaired) electrons. The number of benzene rings is 1. The normalized spacial score (nSPS) is 12.4. The smallest absolute Gasteiger partial charge is 0.134 e. The lowest BCUT2D eigenvalue weighted by molar-refractivity contribution is 0.413. The van der Waals surface area contributed by atoms with Gasteiger partial charge in [0.1, 0.15) is 5.75 Å². The Morgan fingerprint density at radius 1 is 1.25 bits per heavy atom. The summed E-state index contributed by atoms with van der Waals surface area (Å²) in [6.45, 7) is 0. The van der Waals surface area contributed by atoms with Crippen LogP contribution in [0.15, 0.2) is 40.2 Å². The van der Waals surface area contributed by atoms with E-state index in [-0.39, 0.29) is 5.38 Å². The van der Waals surface area contributed by atoms with Gasteiger partial charge in [-0.05, 0) is 29.1 Å². The maximum absolute atomic E-state index is 6.42. The Balaban J connectivity index is 2.31. The van der Waals surface area contributed by atoms with Crippen molar-refractivity contribution in [2.24, 2.45) is 0 Å². The average molecular weight is 318 g/mol. The fourth-order valence-electron chi connectivity index (χ4n) is 1.45. The number of ether oxygens (including phenoxy) is 1. The van der Waals surface area contributed by atoms with Gasteiger partial charge in [0, 0.05) is 4.47 Å². The number of hydrogen-bond acceptors (Lipinski definition) is 2. The fraction of sp³-hybridized carbons (Fsp3) is 0.167. The van der Waals surface area contributed by atoms with Crippen LogP contribution in [0, 0.1) is 0 Å². The molecule has 0 N–H and O–H groups in total. The molecule has 84 valence electrons. The second-order valence-electron chi connectivity index (χ2n) is 3.27. The number of halogens is 2. The minimum atomic E-state index is -0.150. The Bertz CT molecular complexity index is 466. The van der Waals surface area contributed by atoms with E-state index in [9.17, 15) is 0 Å². The number of rotatable bonds is 3. The largest absolute Gasteiger partial charge is 0.496 e. The van der Waals surface area contributed by atoms with Crippen LogP contribution < -0.4 is 4.74 Å². The summed E-state index contributed by atoms with van der Waals surface area (Å²) in [6, 6.07) is 9.95. The van der Waals surface area contributed by atoms with Crippen molar-refractivity contribution in [3.05, 3.63) is 50.6 Å². The Hall–Kier alpha value is -0.510. The van der Waals surface area contributed by atoms with E-state index in [1.807, 2.05) is 35.7 Å². The van der Waals surface area contributed by atoms with Gasteiger partial charge in [0.25, 0.3) is 0 Å². The van der Waals surface area contributed by atoms with E-state index >= 15 is 0 Å². The fourth-order valence-corrected chi connectivity index (χ4v) is 2.98. The highest BCUT2D eigenvalue weighted by Gasteiger charge is 2.16. The molecule has 1 unspecified atom stereocenters. The van der Waals surface area contributed by atoms with Crippen LogP contribution in [-0.4, -0.2) is 7.11 Å². The molecule has 0 amide bonds. The molecule has 4 heteroatoms. The van der Waals surface area contributed by atoms with Crippen molar-refractivity contribution < 1.29 is 4.74 Å². The molecule has 0 saturated heterocycles. The van der Waals surface area contributed by atoms with E-state index < -0.39 is 0 Å². The summed E-state index contributed by atoms with van der Waals surface area (Å²) in [5, 5.41) is 1.84. The SMILES string of the molecule is COc1ccsc1C(Cl)c1ccc(Br)cc1. The topological polar surface area (TPSA) is 9.23 Å². The van der Waals surface area contributed by atoms with Gasteiger partial charge in [-0.2, -0.15) is 0 Å². The Morgan fingerprint density at radius 2 is 1.94 bits per heavy atom. The molecule has 0 aliphatic carbocycles. The highest BCUT2D eigenvalue weighted by atomic mass is 79.9. The van der Waals surface area contributed by atoms with Crippen LogP contribution in [0.3, 0.4) is 0 Å². The first-order chi connectivity index (χ1) is 7.72. The molecule has 0 aliphatic rings. The van der Waals surface area contributed by atoms with Gasteiger partial charge in [0.2, 0.25) is 0 Å². The summed E-state index contributed by atoms with van der Waals surface area (Å²) in [4.78, 5) is 1.05. The Labute approximate surface area is 112 Å². The van der Waals surface area contributed by atoms with Gasteiger partial charge in [0.05, 0.1) is 17.4 Å². The standard InChI is InChI=1S/C12H10BrClOS/c1-15-10-6-7-16-12(10)11(14)8-2-4-9(13)5-3-8/h2-7,11H,1H3. The van der Waals surface area contributed by atoms with Crippen LogP contribution in [0.1, 0.15) is 15.8 Å². The third-order valence-corrected chi connectivity index (χ3v) is 4.36. The van der Waals surface area contributed by atoms with Gasteiger partial charge < -0.3 is 4.74 Å². The zero-order chi connectivity index (χ0) is 11.5. The molecule has 16 heavy (non-hydrogen) atoms. The zero-order valence-corrected chi connectivity index (χ0v) is 11.8. The highest BCUT2D eigenvalue weighted by Crippen LogP contribution is 2.39. The quantitative estimate of drug-likeness (QED) is 0.736. The zero-order valence-electron chi connectivity index (χ0n) is 8.61. The van der Waals surface area contributed by atoms with E-state index in [0.717, 1.165) is 20.7 Å². The molecule has 2 aromatic rings. The Morgan fingerprint density at radius 3 is 2.56 bits per heavy atom. The molecule has 1 aromatic carbocycles.